The molecule has 0 radical (unpaired) electrons. The average Bonchev–Trinajstić information content (AvgIpc) is 3.88. The summed E-state index contributed by atoms with van der Waals surface area (Å²) in [5.74, 6) is 0. The second-order valence-corrected chi connectivity index (χ2v) is 18.7. The number of nitrogens with zero attached hydrogens (tertiary/aromatic N) is 2. The highest BCUT2D eigenvalue weighted by Crippen LogP contribution is 2.57. The number of fused-ring (bicyclic) bond motifs is 8. The van der Waals surface area contributed by atoms with Crippen LogP contribution >= 0.6 is 0 Å². The molecular formula is C66H50N2. The Morgan fingerprint density at radius 1 is 0.324 bits per heavy atom. The minimum Gasteiger partial charge on any atom is -0.310 e. The Bertz CT molecular complexity index is 3650. The lowest BCUT2D eigenvalue weighted by Crippen LogP contribution is -2.28. The van der Waals surface area contributed by atoms with E-state index in [9.17, 15) is 0 Å². The van der Waals surface area contributed by atoms with Crippen LogP contribution in [0.3, 0.4) is 0 Å². The molecule has 10 aromatic carbocycles. The van der Waals surface area contributed by atoms with Crippen molar-refractivity contribution in [3.05, 3.63) is 254 Å². The van der Waals surface area contributed by atoms with Crippen LogP contribution in [-0.4, -0.2) is 4.57 Å². The molecule has 0 bridgehead atoms. The van der Waals surface area contributed by atoms with Crippen LogP contribution < -0.4 is 4.90 Å². The molecule has 13 rings (SSSR count). The van der Waals surface area contributed by atoms with Crippen LogP contribution in [0, 0.1) is 0 Å². The predicted molar refractivity (Wildman–Crippen MR) is 287 cm³/mol. The van der Waals surface area contributed by atoms with Gasteiger partial charge < -0.3 is 9.47 Å². The molecule has 2 heteroatoms. The zero-order valence-electron chi connectivity index (χ0n) is 38.0. The van der Waals surface area contributed by atoms with E-state index in [1.807, 2.05) is 0 Å². The fourth-order valence-corrected chi connectivity index (χ4v) is 11.9. The molecule has 0 unspecified atom stereocenters. The molecule has 324 valence electrons. The van der Waals surface area contributed by atoms with Gasteiger partial charge in [-0.05, 0) is 129 Å². The molecular weight excluding hydrogens is 821 g/mol. The van der Waals surface area contributed by atoms with Gasteiger partial charge in [-0.2, -0.15) is 0 Å². The SMILES string of the molecule is c1ccc(-c2ccccc2-c2ccccc2-c2ccccc2N(c2ccc(-c3ccc4c5ccccc5n(-c5ccccc5)c4c3)cc2)c2ccc3c(c2)C2(CCCCC2)c2ccccc2-3)cc1. The van der Waals surface area contributed by atoms with Crippen molar-refractivity contribution in [2.75, 3.05) is 4.90 Å². The monoisotopic (exact) mass is 870 g/mol. The topological polar surface area (TPSA) is 8.17 Å². The molecule has 68 heavy (non-hydrogen) atoms. The number of benzene rings is 10. The number of rotatable bonds is 8. The van der Waals surface area contributed by atoms with Gasteiger partial charge in [-0.15, -0.1) is 0 Å². The third kappa shape index (κ3) is 6.54. The van der Waals surface area contributed by atoms with Gasteiger partial charge in [0.15, 0.2) is 0 Å². The van der Waals surface area contributed by atoms with Crippen LogP contribution in [0.15, 0.2) is 243 Å². The van der Waals surface area contributed by atoms with Gasteiger partial charge in [-0.3, -0.25) is 0 Å². The van der Waals surface area contributed by atoms with Crippen molar-refractivity contribution < 1.29 is 0 Å². The van der Waals surface area contributed by atoms with Crippen LogP contribution in [0.5, 0.6) is 0 Å². The van der Waals surface area contributed by atoms with Crippen molar-refractivity contribution in [3.63, 3.8) is 0 Å². The Labute approximate surface area is 399 Å². The van der Waals surface area contributed by atoms with E-state index >= 15 is 0 Å². The van der Waals surface area contributed by atoms with Crippen molar-refractivity contribution in [2.24, 2.45) is 0 Å². The van der Waals surface area contributed by atoms with Crippen molar-refractivity contribution >= 4 is 38.9 Å². The molecule has 0 atom stereocenters. The molecule has 2 aliphatic carbocycles. The minimum absolute atomic E-state index is 0.0316. The summed E-state index contributed by atoms with van der Waals surface area (Å²) in [4.78, 5) is 2.52. The Hall–Kier alpha value is -8.20. The molecule has 0 aliphatic heterocycles. The lowest BCUT2D eigenvalue weighted by molar-refractivity contribution is 0.353. The van der Waals surface area contributed by atoms with Gasteiger partial charge in [-0.1, -0.05) is 207 Å². The van der Waals surface area contributed by atoms with E-state index in [2.05, 4.69) is 252 Å². The van der Waals surface area contributed by atoms with Gasteiger partial charge >= 0.3 is 0 Å². The van der Waals surface area contributed by atoms with Crippen molar-refractivity contribution in [2.45, 2.75) is 37.5 Å². The summed E-state index contributed by atoms with van der Waals surface area (Å²) in [6.07, 6.45) is 6.19. The summed E-state index contributed by atoms with van der Waals surface area (Å²) >= 11 is 0. The highest BCUT2D eigenvalue weighted by atomic mass is 15.1. The van der Waals surface area contributed by atoms with E-state index in [1.165, 1.54) is 126 Å². The van der Waals surface area contributed by atoms with Gasteiger partial charge in [-0.25, -0.2) is 0 Å². The van der Waals surface area contributed by atoms with Crippen LogP contribution in [0.25, 0.3) is 83.1 Å². The first-order valence-electron chi connectivity index (χ1n) is 24.3. The van der Waals surface area contributed by atoms with Crippen LogP contribution in [-0.2, 0) is 5.41 Å². The second kappa shape index (κ2) is 16.6. The van der Waals surface area contributed by atoms with Crippen LogP contribution in [0.4, 0.5) is 17.1 Å². The molecule has 2 aliphatic rings. The molecule has 0 N–H and O–H groups in total. The molecule has 1 aromatic heterocycles. The molecule has 1 saturated carbocycles. The number of aromatic nitrogens is 1. The summed E-state index contributed by atoms with van der Waals surface area (Å²) in [5.41, 5.74) is 22.5. The number of para-hydroxylation sites is 3. The van der Waals surface area contributed by atoms with Crippen molar-refractivity contribution in [3.8, 4) is 61.3 Å². The second-order valence-electron chi connectivity index (χ2n) is 18.7. The smallest absolute Gasteiger partial charge is 0.0547 e. The summed E-state index contributed by atoms with van der Waals surface area (Å²) in [6.45, 7) is 0. The molecule has 11 aromatic rings. The van der Waals surface area contributed by atoms with Crippen LogP contribution in [0.1, 0.15) is 43.2 Å². The Balaban J connectivity index is 0.984. The highest BCUT2D eigenvalue weighted by molar-refractivity contribution is 6.10. The van der Waals surface area contributed by atoms with Crippen LogP contribution in [0.2, 0.25) is 0 Å². The summed E-state index contributed by atoms with van der Waals surface area (Å²) in [7, 11) is 0. The lowest BCUT2D eigenvalue weighted by atomic mass is 9.68. The first-order chi connectivity index (χ1) is 33.7. The number of anilines is 3. The summed E-state index contributed by atoms with van der Waals surface area (Å²) in [5, 5.41) is 2.52. The average molecular weight is 871 g/mol. The minimum atomic E-state index is 0.0316. The maximum Gasteiger partial charge on any atom is 0.0547 e. The Morgan fingerprint density at radius 2 is 0.868 bits per heavy atom. The zero-order chi connectivity index (χ0) is 45.0. The third-order valence-electron chi connectivity index (χ3n) is 15.0. The number of hydrogen-bond acceptors (Lipinski definition) is 1. The standard InChI is InChI=1S/C66H50N2/c1-4-20-47(21-5-1)52-24-8-9-25-53(52)54-26-10-11-27-55(54)58-29-13-16-32-63(58)67(51-39-41-57-56-28-12-15-31-61(56)66(62(57)45-51)42-18-3-19-43-66)50-37-34-46(35-38-50)48-36-40-60-59-30-14-17-33-64(59)68(65(60)44-48)49-22-6-2-7-23-49/h1-2,4-17,20-41,44-45H,3,18-19,42-43H2. The fraction of sp³-hybridized carbons (Fsp3) is 0.0909. The fourth-order valence-electron chi connectivity index (χ4n) is 11.9. The van der Waals surface area contributed by atoms with E-state index in [0.717, 1.165) is 17.1 Å². The zero-order valence-corrected chi connectivity index (χ0v) is 38.0. The Morgan fingerprint density at radius 3 is 1.63 bits per heavy atom. The van der Waals surface area contributed by atoms with Gasteiger partial charge in [0.05, 0.1) is 16.7 Å². The van der Waals surface area contributed by atoms with E-state index in [1.54, 1.807) is 0 Å². The first-order valence-corrected chi connectivity index (χ1v) is 24.3. The molecule has 1 fully saturated rings. The quantitative estimate of drug-likeness (QED) is 0.148. The van der Waals surface area contributed by atoms with Gasteiger partial charge in [0.1, 0.15) is 0 Å². The Kier molecular flexibility index (Phi) is 9.79. The van der Waals surface area contributed by atoms with E-state index in [0.29, 0.717) is 0 Å². The third-order valence-corrected chi connectivity index (χ3v) is 15.0. The van der Waals surface area contributed by atoms with Gasteiger partial charge in [0.2, 0.25) is 0 Å². The molecule has 0 amide bonds. The van der Waals surface area contributed by atoms with Crippen molar-refractivity contribution in [1.82, 2.24) is 4.57 Å². The molecule has 1 spiro atoms. The molecule has 1 heterocycles. The lowest BCUT2D eigenvalue weighted by Gasteiger charge is -2.37. The number of hydrogen-bond donors (Lipinski definition) is 0. The maximum absolute atomic E-state index is 2.55. The van der Waals surface area contributed by atoms with E-state index in [-0.39, 0.29) is 5.41 Å². The first kappa shape index (κ1) is 40.1. The normalized spacial score (nSPS) is 13.7. The van der Waals surface area contributed by atoms with E-state index in [4.69, 9.17) is 0 Å². The predicted octanol–water partition coefficient (Wildman–Crippen LogP) is 18.2. The summed E-state index contributed by atoms with van der Waals surface area (Å²) in [6, 6.07) is 90.0. The maximum atomic E-state index is 2.55. The van der Waals surface area contributed by atoms with Gasteiger partial charge in [0.25, 0.3) is 0 Å². The largest absolute Gasteiger partial charge is 0.310 e. The highest BCUT2D eigenvalue weighted by Gasteiger charge is 2.44. The molecule has 2 nitrogen and oxygen atoms in total. The summed E-state index contributed by atoms with van der Waals surface area (Å²) < 4.78 is 2.41. The van der Waals surface area contributed by atoms with Gasteiger partial charge in [0, 0.05) is 38.8 Å². The van der Waals surface area contributed by atoms with Crippen molar-refractivity contribution in [1.29, 1.82) is 0 Å². The molecule has 0 saturated heterocycles. The van der Waals surface area contributed by atoms with E-state index < -0.39 is 0 Å².